The lowest BCUT2D eigenvalue weighted by molar-refractivity contribution is -0.171. The van der Waals surface area contributed by atoms with Crippen LogP contribution in [0.2, 0.25) is 0 Å². The molecule has 0 aromatic carbocycles. The van der Waals surface area contributed by atoms with Gasteiger partial charge >= 0.3 is 5.97 Å². The molecule has 0 bridgehead atoms. The summed E-state index contributed by atoms with van der Waals surface area (Å²) < 4.78 is 5.29. The lowest BCUT2D eigenvalue weighted by atomic mass is 9.43. The van der Waals surface area contributed by atoms with E-state index in [2.05, 4.69) is 13.8 Å². The Balaban J connectivity index is 1.73. The Kier molecular flexibility index (Phi) is 3.81. The molecule has 0 spiro atoms. The van der Waals surface area contributed by atoms with Crippen LogP contribution in [0.15, 0.2) is 0 Å². The average Bonchev–Trinajstić information content (AvgIpc) is 2.94. The molecule has 7 atom stereocenters. The lowest BCUT2D eigenvalue weighted by Crippen LogP contribution is -2.56. The van der Waals surface area contributed by atoms with E-state index in [-0.39, 0.29) is 11.9 Å². The number of carbonyl (C=O) groups is 1. The first-order valence-electron chi connectivity index (χ1n) is 10.1. The van der Waals surface area contributed by atoms with Gasteiger partial charge in [-0.25, -0.2) is 0 Å². The van der Waals surface area contributed by atoms with Gasteiger partial charge in [0, 0.05) is 0 Å². The topological polar surface area (TPSA) is 26.3 Å². The van der Waals surface area contributed by atoms with Gasteiger partial charge in [-0.15, -0.1) is 0 Å². The maximum atomic E-state index is 12.7. The summed E-state index contributed by atoms with van der Waals surface area (Å²) in [6, 6.07) is 0. The van der Waals surface area contributed by atoms with Crippen molar-refractivity contribution < 1.29 is 9.53 Å². The van der Waals surface area contributed by atoms with E-state index in [0.717, 1.165) is 24.2 Å². The van der Waals surface area contributed by atoms with E-state index in [0.29, 0.717) is 16.7 Å². The molecule has 0 heterocycles. The number of ether oxygens (including phenoxy) is 1. The van der Waals surface area contributed by atoms with Crippen LogP contribution in [0.25, 0.3) is 0 Å². The maximum Gasteiger partial charge on any atom is 0.308 e. The highest BCUT2D eigenvalue weighted by atomic mass is 16.5. The highest BCUT2D eigenvalue weighted by Crippen LogP contribution is 2.67. The van der Waals surface area contributed by atoms with Gasteiger partial charge < -0.3 is 4.74 Å². The minimum atomic E-state index is 0.101. The summed E-state index contributed by atoms with van der Waals surface area (Å²) in [6.45, 7) is 5.10. The molecule has 0 radical (unpaired) electrons. The summed E-state index contributed by atoms with van der Waals surface area (Å²) in [6.07, 6.45) is 13.5. The molecule has 4 fully saturated rings. The Morgan fingerprint density at radius 3 is 2.57 bits per heavy atom. The number of hydrogen-bond donors (Lipinski definition) is 0. The number of carbonyl (C=O) groups excluding carboxylic acids is 1. The third kappa shape index (κ3) is 2.23. The van der Waals surface area contributed by atoms with Crippen molar-refractivity contribution in [2.75, 3.05) is 7.11 Å². The highest BCUT2D eigenvalue weighted by Gasteiger charge is 2.61. The van der Waals surface area contributed by atoms with Crippen LogP contribution < -0.4 is 0 Å². The van der Waals surface area contributed by atoms with Crippen LogP contribution in [-0.4, -0.2) is 13.1 Å². The molecule has 0 aliphatic heterocycles. The smallest absolute Gasteiger partial charge is 0.308 e. The first-order valence-corrected chi connectivity index (χ1v) is 10.1. The van der Waals surface area contributed by atoms with Crippen molar-refractivity contribution in [3.63, 3.8) is 0 Å². The molecular weight excluding hydrogens is 284 g/mol. The third-order valence-electron chi connectivity index (χ3n) is 8.92. The molecule has 4 aliphatic rings. The lowest BCUT2D eigenvalue weighted by Gasteiger charge is -2.61. The summed E-state index contributed by atoms with van der Waals surface area (Å²) >= 11 is 0. The SMILES string of the molecule is COC(=O)C1C[C@H]2CCCC[C@]2(C)[C@H]2CC[C@]3(C)CCC[C@H]3[C@H]12. The quantitative estimate of drug-likeness (QED) is 0.620. The van der Waals surface area contributed by atoms with Crippen molar-refractivity contribution in [3.8, 4) is 0 Å². The molecule has 0 amide bonds. The number of rotatable bonds is 1. The third-order valence-corrected chi connectivity index (χ3v) is 8.92. The van der Waals surface area contributed by atoms with E-state index in [1.165, 1.54) is 57.8 Å². The Hall–Kier alpha value is -0.530. The molecule has 0 aromatic rings. The van der Waals surface area contributed by atoms with Crippen LogP contribution in [0, 0.1) is 40.4 Å². The summed E-state index contributed by atoms with van der Waals surface area (Å²) in [4.78, 5) is 12.7. The molecule has 0 N–H and O–H groups in total. The molecule has 23 heavy (non-hydrogen) atoms. The number of esters is 1. The minimum Gasteiger partial charge on any atom is -0.469 e. The van der Waals surface area contributed by atoms with Gasteiger partial charge in [0.1, 0.15) is 0 Å². The van der Waals surface area contributed by atoms with Gasteiger partial charge in [0.15, 0.2) is 0 Å². The number of methoxy groups -OCH3 is 1. The van der Waals surface area contributed by atoms with E-state index in [1.54, 1.807) is 7.11 Å². The number of fused-ring (bicyclic) bond motifs is 5. The van der Waals surface area contributed by atoms with Crippen molar-refractivity contribution >= 4 is 5.97 Å². The standard InChI is InChI=1S/C21H34O2/c1-20-10-6-8-16(20)18-15(19(22)23-3)13-14-7-4-5-11-21(14,2)17(18)9-12-20/h14-18H,4-13H2,1-3H3/t14-,15?,16+,17+,18+,20+,21+/m1/s1. The average molecular weight is 319 g/mol. The molecule has 4 rings (SSSR count). The van der Waals surface area contributed by atoms with Crippen molar-refractivity contribution in [1.29, 1.82) is 0 Å². The van der Waals surface area contributed by atoms with Gasteiger partial charge in [-0.1, -0.05) is 33.1 Å². The van der Waals surface area contributed by atoms with Crippen LogP contribution in [0.5, 0.6) is 0 Å². The summed E-state index contributed by atoms with van der Waals surface area (Å²) in [5.74, 6) is 3.18. The van der Waals surface area contributed by atoms with Gasteiger partial charge in [0.25, 0.3) is 0 Å². The van der Waals surface area contributed by atoms with Crippen LogP contribution in [0.1, 0.15) is 78.1 Å². The van der Waals surface area contributed by atoms with Crippen LogP contribution in [0.4, 0.5) is 0 Å². The second-order valence-electron chi connectivity index (χ2n) is 9.69. The van der Waals surface area contributed by atoms with Crippen LogP contribution in [0.3, 0.4) is 0 Å². The predicted molar refractivity (Wildman–Crippen MR) is 91.9 cm³/mol. The second-order valence-corrected chi connectivity index (χ2v) is 9.69. The van der Waals surface area contributed by atoms with Gasteiger partial charge in [-0.05, 0) is 79.4 Å². The Morgan fingerprint density at radius 2 is 1.78 bits per heavy atom. The van der Waals surface area contributed by atoms with E-state index in [1.807, 2.05) is 0 Å². The maximum absolute atomic E-state index is 12.7. The molecule has 1 unspecified atom stereocenters. The zero-order valence-corrected chi connectivity index (χ0v) is 15.3. The molecule has 0 saturated heterocycles. The van der Waals surface area contributed by atoms with Crippen molar-refractivity contribution in [1.82, 2.24) is 0 Å². The van der Waals surface area contributed by atoms with Crippen molar-refractivity contribution in [2.45, 2.75) is 78.1 Å². The Labute approximate surface area is 141 Å². The summed E-state index contributed by atoms with van der Waals surface area (Å²) in [7, 11) is 1.60. The normalized spacial score (nSPS) is 52.2. The van der Waals surface area contributed by atoms with Gasteiger partial charge in [-0.2, -0.15) is 0 Å². The first-order chi connectivity index (χ1) is 11.0. The fraction of sp³-hybridized carbons (Fsp3) is 0.952. The van der Waals surface area contributed by atoms with E-state index in [4.69, 9.17) is 4.74 Å². The van der Waals surface area contributed by atoms with Crippen molar-refractivity contribution in [3.05, 3.63) is 0 Å². The fourth-order valence-electron chi connectivity index (χ4n) is 7.69. The highest BCUT2D eigenvalue weighted by molar-refractivity contribution is 5.73. The van der Waals surface area contributed by atoms with E-state index in [9.17, 15) is 4.79 Å². The van der Waals surface area contributed by atoms with Crippen LogP contribution >= 0.6 is 0 Å². The largest absolute Gasteiger partial charge is 0.469 e. The van der Waals surface area contributed by atoms with Crippen molar-refractivity contribution in [2.24, 2.45) is 40.4 Å². The van der Waals surface area contributed by atoms with E-state index >= 15 is 0 Å². The zero-order chi connectivity index (χ0) is 16.2. The molecule has 130 valence electrons. The monoisotopic (exact) mass is 318 g/mol. The summed E-state index contributed by atoms with van der Waals surface area (Å²) in [5, 5.41) is 0. The fourth-order valence-corrected chi connectivity index (χ4v) is 7.69. The summed E-state index contributed by atoms with van der Waals surface area (Å²) in [5.41, 5.74) is 1.00. The molecular formula is C21H34O2. The molecule has 0 aromatic heterocycles. The van der Waals surface area contributed by atoms with E-state index < -0.39 is 0 Å². The van der Waals surface area contributed by atoms with Gasteiger partial charge in [0.2, 0.25) is 0 Å². The number of hydrogen-bond acceptors (Lipinski definition) is 2. The molecule has 2 heteroatoms. The molecule has 4 aliphatic carbocycles. The predicted octanol–water partition coefficient (Wildman–Crippen LogP) is 5.21. The Morgan fingerprint density at radius 1 is 0.957 bits per heavy atom. The van der Waals surface area contributed by atoms with Gasteiger partial charge in [0.05, 0.1) is 13.0 Å². The van der Waals surface area contributed by atoms with Gasteiger partial charge in [-0.3, -0.25) is 4.79 Å². The Bertz CT molecular complexity index is 486. The second kappa shape index (κ2) is 5.49. The molecule has 4 saturated carbocycles. The first kappa shape index (κ1) is 16.0. The zero-order valence-electron chi connectivity index (χ0n) is 15.3. The molecule has 2 nitrogen and oxygen atoms in total. The van der Waals surface area contributed by atoms with Crippen LogP contribution in [-0.2, 0) is 9.53 Å². The minimum absolute atomic E-state index is 0.101.